The lowest BCUT2D eigenvalue weighted by Crippen LogP contribution is -1.96. The van der Waals surface area contributed by atoms with Crippen molar-refractivity contribution in [3.8, 4) is 61.8 Å². The number of para-hydroxylation sites is 3. The molecule has 0 aliphatic carbocycles. The Labute approximate surface area is 346 Å². The molecule has 12 rings (SSSR count). The molecule has 0 saturated carbocycles. The summed E-state index contributed by atoms with van der Waals surface area (Å²) in [6.45, 7) is 0. The van der Waals surface area contributed by atoms with Crippen molar-refractivity contribution >= 4 is 49.1 Å². The Balaban J connectivity index is 0.980. The maximum absolute atomic E-state index is 5.24. The van der Waals surface area contributed by atoms with Crippen molar-refractivity contribution in [2.45, 2.75) is 0 Å². The zero-order valence-electron chi connectivity index (χ0n) is 32.6. The van der Waals surface area contributed by atoms with Crippen LogP contribution in [0.1, 0.15) is 0 Å². The van der Waals surface area contributed by atoms with Crippen LogP contribution in [0.25, 0.3) is 111 Å². The van der Waals surface area contributed by atoms with E-state index in [0.717, 1.165) is 55.9 Å². The number of aromatic nitrogens is 4. The lowest BCUT2D eigenvalue weighted by Gasteiger charge is -2.12. The maximum Gasteiger partial charge on any atom is 0.160 e. The van der Waals surface area contributed by atoms with E-state index in [4.69, 9.17) is 9.97 Å². The minimum atomic E-state index is 0.703. The molecule has 0 N–H and O–H groups in total. The normalized spacial score (nSPS) is 11.7. The van der Waals surface area contributed by atoms with Gasteiger partial charge >= 0.3 is 0 Å². The molecule has 0 aliphatic rings. The summed E-state index contributed by atoms with van der Waals surface area (Å²) >= 11 is 0. The molecule has 0 amide bonds. The molecule has 4 heteroatoms. The molecule has 0 atom stereocenters. The lowest BCUT2D eigenvalue weighted by atomic mass is 9.99. The predicted molar refractivity (Wildman–Crippen MR) is 250 cm³/mol. The molecule has 0 fully saturated rings. The van der Waals surface area contributed by atoms with Gasteiger partial charge in [-0.25, -0.2) is 9.97 Å². The van der Waals surface area contributed by atoms with E-state index in [0.29, 0.717) is 5.82 Å². The van der Waals surface area contributed by atoms with E-state index in [1.165, 1.54) is 49.2 Å². The Bertz CT molecular complexity index is 3500. The van der Waals surface area contributed by atoms with Crippen LogP contribution in [-0.2, 0) is 0 Å². The van der Waals surface area contributed by atoms with Gasteiger partial charge in [0.05, 0.1) is 27.9 Å². The number of hydrogen-bond donors (Lipinski definition) is 0. The molecule has 4 nitrogen and oxygen atoms in total. The highest BCUT2D eigenvalue weighted by molar-refractivity contribution is 6.09. The molecule has 0 aliphatic heterocycles. The molecule has 0 bridgehead atoms. The van der Waals surface area contributed by atoms with E-state index in [1.807, 2.05) is 0 Å². The van der Waals surface area contributed by atoms with Crippen molar-refractivity contribution in [1.82, 2.24) is 18.9 Å². The Morgan fingerprint density at radius 2 is 0.850 bits per heavy atom. The van der Waals surface area contributed by atoms with Gasteiger partial charge in [0.2, 0.25) is 0 Å². The van der Waals surface area contributed by atoms with Gasteiger partial charge in [-0.2, -0.15) is 0 Å². The first-order valence-corrected chi connectivity index (χ1v) is 20.4. The number of hydrogen-bond acceptors (Lipinski definition) is 2. The van der Waals surface area contributed by atoms with Crippen LogP contribution >= 0.6 is 0 Å². The van der Waals surface area contributed by atoms with Crippen LogP contribution in [0, 0.1) is 0 Å². The van der Waals surface area contributed by atoms with Gasteiger partial charge < -0.3 is 0 Å². The minimum absolute atomic E-state index is 0.703. The van der Waals surface area contributed by atoms with Crippen molar-refractivity contribution in [2.75, 3.05) is 0 Å². The summed E-state index contributed by atoms with van der Waals surface area (Å²) in [4.78, 5) is 10.4. The third-order valence-corrected chi connectivity index (χ3v) is 11.9. The molecule has 3 heterocycles. The van der Waals surface area contributed by atoms with Crippen LogP contribution in [0.2, 0.25) is 0 Å². The molecule has 0 spiro atoms. The molecule has 0 unspecified atom stereocenters. The van der Waals surface area contributed by atoms with Gasteiger partial charge in [-0.3, -0.25) is 8.97 Å². The van der Waals surface area contributed by atoms with E-state index in [2.05, 4.69) is 227 Å². The van der Waals surface area contributed by atoms with Crippen molar-refractivity contribution in [3.63, 3.8) is 0 Å². The third kappa shape index (κ3) is 5.61. The first-order valence-electron chi connectivity index (χ1n) is 20.4. The maximum atomic E-state index is 5.24. The number of benzene rings is 9. The fraction of sp³-hybridized carbons (Fsp3) is 0. The van der Waals surface area contributed by atoms with Crippen molar-refractivity contribution in [2.24, 2.45) is 0 Å². The van der Waals surface area contributed by atoms with E-state index < -0.39 is 0 Å². The predicted octanol–water partition coefficient (Wildman–Crippen LogP) is 14.5. The summed E-state index contributed by atoms with van der Waals surface area (Å²) in [5.41, 5.74) is 15.4. The third-order valence-electron chi connectivity index (χ3n) is 11.9. The highest BCUT2D eigenvalue weighted by Crippen LogP contribution is 2.41. The fourth-order valence-electron chi connectivity index (χ4n) is 9.00. The van der Waals surface area contributed by atoms with Crippen LogP contribution in [0.3, 0.4) is 0 Å². The van der Waals surface area contributed by atoms with Gasteiger partial charge in [-0.05, 0) is 92.8 Å². The van der Waals surface area contributed by atoms with Gasteiger partial charge in [0, 0.05) is 33.3 Å². The molecular weight excluding hydrogens is 729 g/mol. The first kappa shape index (κ1) is 34.0. The second kappa shape index (κ2) is 13.8. The summed E-state index contributed by atoms with van der Waals surface area (Å²) in [5.74, 6) is 0.703. The van der Waals surface area contributed by atoms with Crippen LogP contribution < -0.4 is 0 Å². The van der Waals surface area contributed by atoms with Gasteiger partial charge in [0.25, 0.3) is 0 Å². The second-order valence-corrected chi connectivity index (χ2v) is 15.5. The summed E-state index contributed by atoms with van der Waals surface area (Å²) in [7, 11) is 0. The molecular formula is C56H36N4. The Morgan fingerprint density at radius 1 is 0.317 bits per heavy atom. The van der Waals surface area contributed by atoms with Crippen molar-refractivity contribution in [3.05, 3.63) is 218 Å². The van der Waals surface area contributed by atoms with Crippen LogP contribution in [0.15, 0.2) is 218 Å². The van der Waals surface area contributed by atoms with E-state index >= 15 is 0 Å². The van der Waals surface area contributed by atoms with Crippen LogP contribution in [0.5, 0.6) is 0 Å². The van der Waals surface area contributed by atoms with E-state index in [-0.39, 0.29) is 0 Å². The van der Waals surface area contributed by atoms with Crippen molar-refractivity contribution < 1.29 is 0 Å². The second-order valence-electron chi connectivity index (χ2n) is 15.5. The van der Waals surface area contributed by atoms with E-state index in [1.54, 1.807) is 0 Å². The first-order chi connectivity index (χ1) is 29.7. The number of imidazole rings is 1. The minimum Gasteiger partial charge on any atom is -0.293 e. The average Bonchev–Trinajstić information content (AvgIpc) is 3.84. The quantitative estimate of drug-likeness (QED) is 0.169. The topological polar surface area (TPSA) is 35.1 Å². The summed E-state index contributed by atoms with van der Waals surface area (Å²) < 4.78 is 4.84. The van der Waals surface area contributed by atoms with Crippen LogP contribution in [-0.4, -0.2) is 18.9 Å². The molecule has 280 valence electrons. The highest BCUT2D eigenvalue weighted by atomic mass is 15.1. The lowest BCUT2D eigenvalue weighted by molar-refractivity contribution is 1.15. The van der Waals surface area contributed by atoms with Gasteiger partial charge in [0.1, 0.15) is 5.65 Å². The highest BCUT2D eigenvalue weighted by Gasteiger charge is 2.22. The zero-order valence-corrected chi connectivity index (χ0v) is 32.6. The smallest absolute Gasteiger partial charge is 0.160 e. The summed E-state index contributed by atoms with van der Waals surface area (Å²) in [6.07, 6.45) is 0. The van der Waals surface area contributed by atoms with Crippen LogP contribution in [0.4, 0.5) is 0 Å². The zero-order chi connectivity index (χ0) is 39.6. The molecule has 12 aromatic rings. The van der Waals surface area contributed by atoms with Gasteiger partial charge in [-0.15, -0.1) is 0 Å². The fourth-order valence-corrected chi connectivity index (χ4v) is 9.00. The SMILES string of the molecule is c1ccc(-c2c3ccccc3n3c4ccccc4n(-c4ccc(-c5cccc(-c6cc(-c7ccc8ccccc8c7)nc(-c7ccc8ccccc8c7)n6)c5)cc4)c23)cc1. The average molecular weight is 765 g/mol. The number of fused-ring (bicyclic) bond motifs is 7. The van der Waals surface area contributed by atoms with Gasteiger partial charge in [0.15, 0.2) is 5.82 Å². The van der Waals surface area contributed by atoms with E-state index in [9.17, 15) is 0 Å². The monoisotopic (exact) mass is 764 g/mol. The molecule has 0 radical (unpaired) electrons. The molecule has 60 heavy (non-hydrogen) atoms. The van der Waals surface area contributed by atoms with Crippen molar-refractivity contribution in [1.29, 1.82) is 0 Å². The summed E-state index contributed by atoms with van der Waals surface area (Å²) in [6, 6.07) is 78.0. The number of rotatable bonds is 6. The standard InChI is InChI=1S/C56H36N4/c1-2-15-40(16-3-1)54-48-21-8-9-22-51(48)60-53-24-11-10-23-52(53)59(56(54)60)47-31-29-39(30-32-47)43-19-12-20-44(33-43)49-36-50(45-27-25-37-13-4-6-17-41(37)34-45)58-55(57-49)46-28-26-38-14-5-7-18-42(38)35-46/h1-36H. The molecule has 3 aromatic heterocycles. The Hall–Kier alpha value is -8.08. The molecule has 9 aromatic carbocycles. The molecule has 0 saturated heterocycles. The Kier molecular flexibility index (Phi) is 7.82. The summed E-state index contributed by atoms with van der Waals surface area (Å²) in [5, 5.41) is 5.99. The largest absolute Gasteiger partial charge is 0.293 e. The van der Waals surface area contributed by atoms with Gasteiger partial charge in [-0.1, -0.05) is 164 Å². The Morgan fingerprint density at radius 3 is 1.58 bits per heavy atom. The number of nitrogens with zero attached hydrogens (tertiary/aromatic N) is 4.